The molecule has 0 amide bonds. The highest BCUT2D eigenvalue weighted by molar-refractivity contribution is 7.89. The number of aromatic nitrogens is 1. The number of aromatic carboxylic acids is 1. The summed E-state index contributed by atoms with van der Waals surface area (Å²) in [6.07, 6.45) is 2.25. The Morgan fingerprint density at radius 1 is 1.29 bits per heavy atom. The van der Waals surface area contributed by atoms with E-state index in [1.54, 1.807) is 12.1 Å². The predicted molar refractivity (Wildman–Crippen MR) is 99.4 cm³/mol. The lowest BCUT2D eigenvalue weighted by atomic mass is 9.89. The Balaban J connectivity index is 1.74. The number of rotatable bonds is 2. The van der Waals surface area contributed by atoms with Gasteiger partial charge >= 0.3 is 5.97 Å². The number of hydrogen-bond acceptors (Lipinski definition) is 5. The van der Waals surface area contributed by atoms with Gasteiger partial charge in [-0.25, -0.2) is 18.4 Å². The molecule has 1 fully saturated rings. The van der Waals surface area contributed by atoms with Gasteiger partial charge in [0, 0.05) is 31.0 Å². The first-order chi connectivity index (χ1) is 13.3. The highest BCUT2D eigenvalue weighted by Gasteiger charge is 2.43. The molecule has 0 bridgehead atoms. The highest BCUT2D eigenvalue weighted by atomic mass is 32.2. The number of carboxylic acid groups (broad SMARTS) is 1. The first-order valence-corrected chi connectivity index (χ1v) is 10.3. The molecule has 144 valence electrons. The lowest BCUT2D eigenvalue weighted by Crippen LogP contribution is -2.31. The van der Waals surface area contributed by atoms with Gasteiger partial charge in [0.2, 0.25) is 10.0 Å². The summed E-state index contributed by atoms with van der Waals surface area (Å²) in [7, 11) is -3.83. The molecule has 9 heteroatoms. The highest BCUT2D eigenvalue weighted by Crippen LogP contribution is 2.50. The molecule has 0 unspecified atom stereocenters. The van der Waals surface area contributed by atoms with Gasteiger partial charge < -0.3 is 14.4 Å². The van der Waals surface area contributed by atoms with E-state index in [0.29, 0.717) is 25.1 Å². The summed E-state index contributed by atoms with van der Waals surface area (Å²) in [4.78, 5) is 23.8. The van der Waals surface area contributed by atoms with Gasteiger partial charge in [0.15, 0.2) is 5.43 Å². The Hall–Kier alpha value is -2.75. The Morgan fingerprint density at radius 2 is 2.07 bits per heavy atom. The second-order valence-electron chi connectivity index (χ2n) is 7.23. The maximum absolute atomic E-state index is 12.3. The fourth-order valence-corrected chi connectivity index (χ4v) is 5.09. The van der Waals surface area contributed by atoms with E-state index in [1.807, 2.05) is 4.57 Å². The van der Waals surface area contributed by atoms with E-state index in [1.165, 1.54) is 18.3 Å². The molecule has 8 nitrogen and oxygen atoms in total. The van der Waals surface area contributed by atoms with Crippen molar-refractivity contribution < 1.29 is 23.1 Å². The molecule has 1 aromatic carbocycles. The van der Waals surface area contributed by atoms with Gasteiger partial charge in [-0.1, -0.05) is 6.07 Å². The van der Waals surface area contributed by atoms with Gasteiger partial charge in [0.05, 0.1) is 10.9 Å². The average molecular weight is 400 g/mol. The van der Waals surface area contributed by atoms with Crippen molar-refractivity contribution in [2.75, 3.05) is 6.61 Å². The van der Waals surface area contributed by atoms with Crippen molar-refractivity contribution in [3.05, 3.63) is 63.1 Å². The smallest absolute Gasteiger partial charge is 0.341 e. The van der Waals surface area contributed by atoms with Gasteiger partial charge in [-0.2, -0.15) is 0 Å². The quantitative estimate of drug-likeness (QED) is 0.774. The van der Waals surface area contributed by atoms with E-state index in [4.69, 9.17) is 9.88 Å². The standard InChI is InChI=1S/C19H16N2O6S/c20-28(25,26)10-1-2-11-9(5-10)6-12-15-7-16(22)13(19(23)24)8-21(15)14-3-4-27-18(14)17(11)12/h1-2,5,7-8,14,18H,3-4,6H2,(H,23,24)(H2,20,25,26)/t14-,18+/m1/s1. The van der Waals surface area contributed by atoms with Crippen LogP contribution in [0.2, 0.25) is 0 Å². The minimum absolute atomic E-state index is 0.0357. The summed E-state index contributed by atoms with van der Waals surface area (Å²) in [6, 6.07) is 6.01. The number of sulfonamides is 1. The summed E-state index contributed by atoms with van der Waals surface area (Å²) < 4.78 is 31.2. The fraction of sp³-hybridized carbons (Fsp3) is 0.263. The molecule has 0 saturated carbocycles. The van der Waals surface area contributed by atoms with Crippen molar-refractivity contribution in [1.82, 2.24) is 4.57 Å². The van der Waals surface area contributed by atoms with Crippen LogP contribution >= 0.6 is 0 Å². The normalized spacial score (nSPS) is 22.5. The number of allylic oxidation sites excluding steroid dienone is 1. The number of nitrogens with zero attached hydrogens (tertiary/aromatic N) is 1. The van der Waals surface area contributed by atoms with Crippen LogP contribution in [-0.4, -0.2) is 36.8 Å². The Labute approximate surface area is 159 Å². The molecule has 3 N–H and O–H groups in total. The molecule has 3 heterocycles. The van der Waals surface area contributed by atoms with E-state index in [2.05, 4.69) is 0 Å². The lowest BCUT2D eigenvalue weighted by Gasteiger charge is -2.32. The van der Waals surface area contributed by atoms with E-state index in [9.17, 15) is 23.1 Å². The zero-order valence-electron chi connectivity index (χ0n) is 14.6. The van der Waals surface area contributed by atoms with Crippen LogP contribution in [0.25, 0.3) is 11.1 Å². The minimum atomic E-state index is -3.83. The van der Waals surface area contributed by atoms with Crippen LogP contribution in [0.1, 0.15) is 39.6 Å². The third-order valence-corrected chi connectivity index (χ3v) is 6.62. The summed E-state index contributed by atoms with van der Waals surface area (Å²) >= 11 is 0. The van der Waals surface area contributed by atoms with Crippen LogP contribution in [0.15, 0.2) is 40.2 Å². The molecule has 1 aromatic heterocycles. The number of carbonyl (C=O) groups is 1. The summed E-state index contributed by atoms with van der Waals surface area (Å²) in [5.41, 5.74) is 3.33. The van der Waals surface area contributed by atoms with E-state index in [0.717, 1.165) is 22.3 Å². The molecule has 1 saturated heterocycles. The van der Waals surface area contributed by atoms with Crippen LogP contribution in [0.3, 0.4) is 0 Å². The molecule has 2 aliphatic heterocycles. The number of fused-ring (bicyclic) bond motifs is 7. The topological polar surface area (TPSA) is 129 Å². The monoisotopic (exact) mass is 400 g/mol. The molecule has 2 aromatic rings. The maximum Gasteiger partial charge on any atom is 0.341 e. The van der Waals surface area contributed by atoms with Gasteiger partial charge in [-0.05, 0) is 40.8 Å². The van der Waals surface area contributed by atoms with Crippen LogP contribution in [-0.2, 0) is 21.2 Å². The fourth-order valence-electron chi connectivity index (χ4n) is 4.52. The van der Waals surface area contributed by atoms with Crippen molar-refractivity contribution in [2.45, 2.75) is 29.9 Å². The number of primary sulfonamides is 1. The van der Waals surface area contributed by atoms with E-state index >= 15 is 0 Å². The molecule has 0 radical (unpaired) electrons. The molecule has 5 rings (SSSR count). The molecule has 2 atom stereocenters. The third-order valence-electron chi connectivity index (χ3n) is 5.71. The zero-order valence-corrected chi connectivity index (χ0v) is 15.4. The van der Waals surface area contributed by atoms with Crippen molar-refractivity contribution in [3.8, 4) is 0 Å². The second-order valence-corrected chi connectivity index (χ2v) is 8.79. The molecule has 28 heavy (non-hydrogen) atoms. The minimum Gasteiger partial charge on any atom is -0.477 e. The number of nitrogens with two attached hydrogens (primary N) is 1. The number of hydrogen-bond donors (Lipinski definition) is 2. The maximum atomic E-state index is 12.3. The van der Waals surface area contributed by atoms with Crippen molar-refractivity contribution in [2.24, 2.45) is 5.14 Å². The average Bonchev–Trinajstić information content (AvgIpc) is 3.24. The van der Waals surface area contributed by atoms with Crippen LogP contribution in [0, 0.1) is 0 Å². The number of ether oxygens (including phenoxy) is 1. The van der Waals surface area contributed by atoms with Crippen molar-refractivity contribution in [3.63, 3.8) is 0 Å². The first kappa shape index (κ1) is 17.4. The van der Waals surface area contributed by atoms with Gasteiger partial charge in [0.25, 0.3) is 0 Å². The van der Waals surface area contributed by atoms with Crippen LogP contribution in [0.5, 0.6) is 0 Å². The lowest BCUT2D eigenvalue weighted by molar-refractivity contribution is 0.0693. The van der Waals surface area contributed by atoms with Crippen molar-refractivity contribution in [1.29, 1.82) is 0 Å². The summed E-state index contributed by atoms with van der Waals surface area (Å²) in [5.74, 6) is -1.26. The van der Waals surface area contributed by atoms with Gasteiger partial charge in [-0.3, -0.25) is 4.79 Å². The molecular weight excluding hydrogens is 384 g/mol. The molecular formula is C19H16N2O6S. The molecule has 0 spiro atoms. The zero-order chi connectivity index (χ0) is 19.8. The summed E-state index contributed by atoms with van der Waals surface area (Å²) in [6.45, 7) is 0.519. The SMILES string of the molecule is NS(=O)(=O)c1ccc2c(c1)CC1=C2[C@H]2OCC[C@H]2n2cc(C(=O)O)c(=O)cc21. The Kier molecular flexibility index (Phi) is 3.49. The van der Waals surface area contributed by atoms with E-state index < -0.39 is 21.4 Å². The summed E-state index contributed by atoms with van der Waals surface area (Å²) in [5, 5.41) is 14.6. The molecule has 3 aliphatic rings. The number of pyridine rings is 1. The number of benzene rings is 1. The van der Waals surface area contributed by atoms with Crippen LogP contribution < -0.4 is 10.6 Å². The predicted octanol–water partition coefficient (Wildman–Crippen LogP) is 1.00. The van der Waals surface area contributed by atoms with Gasteiger partial charge in [-0.15, -0.1) is 0 Å². The number of carboxylic acids is 1. The van der Waals surface area contributed by atoms with Crippen LogP contribution in [0.4, 0.5) is 0 Å². The Morgan fingerprint density at radius 3 is 2.79 bits per heavy atom. The van der Waals surface area contributed by atoms with Gasteiger partial charge in [0.1, 0.15) is 11.7 Å². The molecule has 1 aliphatic carbocycles. The largest absolute Gasteiger partial charge is 0.477 e. The third kappa shape index (κ3) is 2.33. The van der Waals surface area contributed by atoms with Crippen molar-refractivity contribution >= 4 is 27.1 Å². The second kappa shape index (κ2) is 5.63. The Bertz CT molecular complexity index is 1260. The van der Waals surface area contributed by atoms with E-state index in [-0.39, 0.29) is 22.6 Å². The first-order valence-electron chi connectivity index (χ1n) is 8.76.